The number of rotatable bonds is 5. The van der Waals surface area contributed by atoms with Crippen LogP contribution >= 0.6 is 0 Å². The summed E-state index contributed by atoms with van der Waals surface area (Å²) in [5.74, 6) is 0.882. The maximum absolute atomic E-state index is 12.8. The molecule has 0 aromatic carbocycles. The number of morpholine rings is 1. The van der Waals surface area contributed by atoms with Crippen LogP contribution in [0.25, 0.3) is 5.52 Å². The zero-order valence-corrected chi connectivity index (χ0v) is 15.4. The number of hydrogen-bond acceptors (Lipinski definition) is 5. The van der Waals surface area contributed by atoms with E-state index in [0.29, 0.717) is 12.2 Å². The number of hydrogen-bond donors (Lipinski definition) is 1. The van der Waals surface area contributed by atoms with Gasteiger partial charge < -0.3 is 14.5 Å². The van der Waals surface area contributed by atoms with Gasteiger partial charge in [0.15, 0.2) is 5.69 Å². The Kier molecular flexibility index (Phi) is 5.19. The van der Waals surface area contributed by atoms with E-state index < -0.39 is 0 Å². The highest BCUT2D eigenvalue weighted by molar-refractivity contribution is 5.99. The molecule has 1 amide bonds. The molecule has 0 radical (unpaired) electrons. The van der Waals surface area contributed by atoms with Crippen LogP contribution in [0.4, 0.5) is 0 Å². The number of nitrogens with zero attached hydrogens (tertiary/aromatic N) is 4. The van der Waals surface area contributed by atoms with E-state index in [1.165, 1.54) is 6.42 Å². The van der Waals surface area contributed by atoms with Gasteiger partial charge in [0.05, 0.1) is 24.8 Å². The molecule has 4 rings (SSSR count). The molecule has 26 heavy (non-hydrogen) atoms. The van der Waals surface area contributed by atoms with Crippen molar-refractivity contribution in [1.82, 2.24) is 24.5 Å². The maximum atomic E-state index is 12.8. The monoisotopic (exact) mass is 357 g/mol. The summed E-state index contributed by atoms with van der Waals surface area (Å²) in [7, 11) is 2.13. The molecule has 1 atom stereocenters. The third kappa shape index (κ3) is 3.47. The average Bonchev–Trinajstić information content (AvgIpc) is 3.26. The first kappa shape index (κ1) is 17.5. The highest BCUT2D eigenvalue weighted by Crippen LogP contribution is 2.31. The summed E-state index contributed by atoms with van der Waals surface area (Å²) in [5.41, 5.74) is 1.41. The van der Waals surface area contributed by atoms with Gasteiger partial charge in [-0.05, 0) is 38.6 Å². The first-order valence-electron chi connectivity index (χ1n) is 9.49. The lowest BCUT2D eigenvalue weighted by atomic mass is 10.2. The highest BCUT2D eigenvalue weighted by atomic mass is 16.5. The van der Waals surface area contributed by atoms with Crippen molar-refractivity contribution in [3.63, 3.8) is 0 Å². The number of likely N-dealkylation sites (tertiary alicyclic amines) is 1. The summed E-state index contributed by atoms with van der Waals surface area (Å²) in [6.07, 6.45) is 4.26. The van der Waals surface area contributed by atoms with Gasteiger partial charge >= 0.3 is 0 Å². The molecule has 0 aliphatic carbocycles. The smallest absolute Gasteiger partial charge is 0.272 e. The van der Waals surface area contributed by atoms with Crippen molar-refractivity contribution >= 4 is 11.4 Å². The zero-order chi connectivity index (χ0) is 17.9. The SMILES string of the molecule is CN1CCC[C@H]1c1nc(C(=O)NCCN2CCOCC2)c2ccccn12. The molecule has 7 heteroatoms. The number of ether oxygens (including phenoxy) is 1. The van der Waals surface area contributed by atoms with Crippen molar-refractivity contribution in [1.29, 1.82) is 0 Å². The molecule has 0 bridgehead atoms. The van der Waals surface area contributed by atoms with Crippen molar-refractivity contribution in [3.8, 4) is 0 Å². The van der Waals surface area contributed by atoms with Crippen molar-refractivity contribution in [3.05, 3.63) is 35.9 Å². The summed E-state index contributed by atoms with van der Waals surface area (Å²) in [4.78, 5) is 22.2. The van der Waals surface area contributed by atoms with Crippen LogP contribution in [-0.2, 0) is 4.74 Å². The van der Waals surface area contributed by atoms with Crippen LogP contribution in [0.1, 0.15) is 35.2 Å². The molecule has 7 nitrogen and oxygen atoms in total. The van der Waals surface area contributed by atoms with E-state index in [-0.39, 0.29) is 11.9 Å². The first-order chi connectivity index (χ1) is 12.7. The van der Waals surface area contributed by atoms with Crippen molar-refractivity contribution in [2.45, 2.75) is 18.9 Å². The summed E-state index contributed by atoms with van der Waals surface area (Å²) in [5, 5.41) is 3.04. The molecule has 4 heterocycles. The Balaban J connectivity index is 1.49. The molecule has 0 spiro atoms. The fraction of sp³-hybridized carbons (Fsp3) is 0.579. The molecule has 0 unspecified atom stereocenters. The lowest BCUT2D eigenvalue weighted by Gasteiger charge is -2.26. The minimum absolute atomic E-state index is 0.0890. The Labute approximate surface area is 153 Å². The molecular formula is C19H27N5O2. The fourth-order valence-electron chi connectivity index (χ4n) is 3.94. The van der Waals surface area contributed by atoms with E-state index in [1.54, 1.807) is 0 Å². The van der Waals surface area contributed by atoms with Crippen LogP contribution in [0.5, 0.6) is 0 Å². The second-order valence-corrected chi connectivity index (χ2v) is 7.12. The Morgan fingerprint density at radius 2 is 2.15 bits per heavy atom. The number of carbonyl (C=O) groups excluding carboxylic acids is 1. The van der Waals surface area contributed by atoms with Crippen LogP contribution in [0.15, 0.2) is 24.4 Å². The lowest BCUT2D eigenvalue weighted by Crippen LogP contribution is -2.41. The second-order valence-electron chi connectivity index (χ2n) is 7.12. The summed E-state index contributed by atoms with van der Waals surface area (Å²) in [6.45, 7) is 5.97. The van der Waals surface area contributed by atoms with Crippen molar-refractivity contribution in [2.75, 3.05) is 53.0 Å². The van der Waals surface area contributed by atoms with Gasteiger partial charge in [0.2, 0.25) is 0 Å². The van der Waals surface area contributed by atoms with E-state index in [2.05, 4.69) is 26.6 Å². The summed E-state index contributed by atoms with van der Waals surface area (Å²) in [6, 6.07) is 6.21. The number of fused-ring (bicyclic) bond motifs is 1. The third-order valence-electron chi connectivity index (χ3n) is 5.43. The quantitative estimate of drug-likeness (QED) is 0.870. The maximum Gasteiger partial charge on any atom is 0.272 e. The molecule has 2 fully saturated rings. The van der Waals surface area contributed by atoms with E-state index >= 15 is 0 Å². The van der Waals surface area contributed by atoms with Crippen molar-refractivity contribution in [2.24, 2.45) is 0 Å². The van der Waals surface area contributed by atoms with E-state index in [1.807, 2.05) is 24.4 Å². The molecular weight excluding hydrogens is 330 g/mol. The molecule has 2 aliphatic heterocycles. The molecule has 0 saturated carbocycles. The Bertz CT molecular complexity index is 768. The average molecular weight is 357 g/mol. The van der Waals surface area contributed by atoms with Crippen LogP contribution in [0.3, 0.4) is 0 Å². The van der Waals surface area contributed by atoms with E-state index in [9.17, 15) is 4.79 Å². The molecule has 2 aliphatic rings. The van der Waals surface area contributed by atoms with Gasteiger partial charge in [-0.25, -0.2) is 4.98 Å². The fourth-order valence-corrected chi connectivity index (χ4v) is 3.94. The first-order valence-corrected chi connectivity index (χ1v) is 9.49. The molecule has 2 aromatic rings. The van der Waals surface area contributed by atoms with Gasteiger partial charge in [0, 0.05) is 32.4 Å². The summed E-state index contributed by atoms with van der Waals surface area (Å²) >= 11 is 0. The standard InChI is InChI=1S/C19H27N5O2/c1-22-8-4-6-16(22)18-21-17(15-5-2-3-9-24(15)18)19(25)20-7-10-23-11-13-26-14-12-23/h2-3,5,9,16H,4,6-8,10-14H2,1H3,(H,20,25)/t16-/m0/s1. The van der Waals surface area contributed by atoms with Gasteiger partial charge in [-0.15, -0.1) is 0 Å². The van der Waals surface area contributed by atoms with Gasteiger partial charge in [-0.3, -0.25) is 14.6 Å². The van der Waals surface area contributed by atoms with Crippen LogP contribution in [0.2, 0.25) is 0 Å². The molecule has 140 valence electrons. The largest absolute Gasteiger partial charge is 0.379 e. The predicted octanol–water partition coefficient (Wildman–Crippen LogP) is 1.16. The van der Waals surface area contributed by atoms with Crippen LogP contribution in [0, 0.1) is 0 Å². The summed E-state index contributed by atoms with van der Waals surface area (Å²) < 4.78 is 7.43. The normalized spacial score (nSPS) is 22.1. The highest BCUT2D eigenvalue weighted by Gasteiger charge is 2.28. The number of carbonyl (C=O) groups is 1. The Morgan fingerprint density at radius 3 is 2.92 bits per heavy atom. The topological polar surface area (TPSA) is 62.1 Å². The second kappa shape index (κ2) is 7.73. The van der Waals surface area contributed by atoms with E-state index in [0.717, 1.165) is 57.2 Å². The number of pyridine rings is 1. The minimum atomic E-state index is -0.0890. The molecule has 2 aromatic heterocycles. The number of imidazole rings is 1. The number of aromatic nitrogens is 2. The lowest BCUT2D eigenvalue weighted by molar-refractivity contribution is 0.0383. The third-order valence-corrected chi connectivity index (χ3v) is 5.43. The van der Waals surface area contributed by atoms with Crippen molar-refractivity contribution < 1.29 is 9.53 Å². The predicted molar refractivity (Wildman–Crippen MR) is 99.4 cm³/mol. The molecule has 2 saturated heterocycles. The molecule has 1 N–H and O–H groups in total. The van der Waals surface area contributed by atoms with Crippen LogP contribution < -0.4 is 5.32 Å². The Hall–Kier alpha value is -1.96. The zero-order valence-electron chi connectivity index (χ0n) is 15.4. The van der Waals surface area contributed by atoms with Crippen LogP contribution in [-0.4, -0.2) is 78.1 Å². The van der Waals surface area contributed by atoms with Gasteiger partial charge in [0.25, 0.3) is 5.91 Å². The van der Waals surface area contributed by atoms with Gasteiger partial charge in [0.1, 0.15) is 5.82 Å². The van der Waals surface area contributed by atoms with Gasteiger partial charge in [-0.2, -0.15) is 0 Å². The van der Waals surface area contributed by atoms with Gasteiger partial charge in [-0.1, -0.05) is 6.07 Å². The Morgan fingerprint density at radius 1 is 1.31 bits per heavy atom. The number of nitrogens with one attached hydrogen (secondary N) is 1. The minimum Gasteiger partial charge on any atom is -0.379 e. The van der Waals surface area contributed by atoms with E-state index in [4.69, 9.17) is 9.72 Å². The number of amides is 1.